The number of nitrogens with one attached hydrogen (secondary N) is 1. The summed E-state index contributed by atoms with van der Waals surface area (Å²) >= 11 is 15.1. The molecule has 8 heteroatoms. The third kappa shape index (κ3) is 5.67. The minimum absolute atomic E-state index is 0.237. The molecular weight excluding hydrogens is 479 g/mol. The fraction of sp³-hybridized carbons (Fsp3) is 0. The lowest BCUT2D eigenvalue weighted by Gasteiger charge is -2.06. The summed E-state index contributed by atoms with van der Waals surface area (Å²) in [6.07, 6.45) is 1.46. The minimum atomic E-state index is -0.467. The quantitative estimate of drug-likeness (QED) is 0.214. The molecule has 0 fully saturated rings. The van der Waals surface area contributed by atoms with Crippen molar-refractivity contribution in [3.05, 3.63) is 97.9 Å². The predicted octanol–water partition coefficient (Wildman–Crippen LogP) is 5.74. The first-order valence-corrected chi connectivity index (χ1v) is 9.84. The maximum absolute atomic E-state index is 12.2. The molecule has 0 saturated heterocycles. The molecule has 1 N–H and O–H groups in total. The van der Waals surface area contributed by atoms with Crippen LogP contribution >= 0.6 is 39.1 Å². The lowest BCUT2D eigenvalue weighted by atomic mass is 10.2. The van der Waals surface area contributed by atoms with Crippen molar-refractivity contribution in [1.29, 1.82) is 0 Å². The van der Waals surface area contributed by atoms with Crippen LogP contribution in [0.25, 0.3) is 0 Å². The molecule has 3 rings (SSSR count). The highest BCUT2D eigenvalue weighted by Crippen LogP contribution is 2.21. The summed E-state index contributed by atoms with van der Waals surface area (Å²) in [7, 11) is 0. The maximum atomic E-state index is 12.2. The van der Waals surface area contributed by atoms with Gasteiger partial charge in [0.05, 0.1) is 22.4 Å². The van der Waals surface area contributed by atoms with E-state index in [1.807, 2.05) is 6.07 Å². The topological polar surface area (TPSA) is 67.8 Å². The van der Waals surface area contributed by atoms with Gasteiger partial charge in [-0.25, -0.2) is 10.2 Å². The third-order valence-corrected chi connectivity index (χ3v) is 4.98. The molecule has 0 spiro atoms. The molecule has 3 aromatic carbocycles. The van der Waals surface area contributed by atoms with E-state index in [2.05, 4.69) is 26.5 Å². The first-order valence-electron chi connectivity index (χ1n) is 8.29. The fourth-order valence-corrected chi connectivity index (χ4v) is 3.25. The Hall–Kier alpha value is -2.67. The summed E-state index contributed by atoms with van der Waals surface area (Å²) in [4.78, 5) is 24.3. The third-order valence-electron chi connectivity index (χ3n) is 3.74. The summed E-state index contributed by atoms with van der Waals surface area (Å²) in [6, 6.07) is 18.2. The number of benzene rings is 3. The number of carbonyl (C=O) groups is 2. The number of esters is 1. The Morgan fingerprint density at radius 3 is 2.38 bits per heavy atom. The van der Waals surface area contributed by atoms with Crippen LogP contribution in [0.4, 0.5) is 0 Å². The highest BCUT2D eigenvalue weighted by molar-refractivity contribution is 9.10. The van der Waals surface area contributed by atoms with Crippen LogP contribution in [0, 0.1) is 0 Å². The van der Waals surface area contributed by atoms with Crippen LogP contribution in [-0.2, 0) is 0 Å². The predicted molar refractivity (Wildman–Crippen MR) is 117 cm³/mol. The molecule has 0 saturated carbocycles. The summed E-state index contributed by atoms with van der Waals surface area (Å²) < 4.78 is 6.01. The average molecular weight is 492 g/mol. The number of amides is 1. The molecule has 0 aromatic heterocycles. The Labute approximate surface area is 185 Å². The van der Waals surface area contributed by atoms with Crippen molar-refractivity contribution in [2.45, 2.75) is 0 Å². The van der Waals surface area contributed by atoms with Crippen molar-refractivity contribution in [3.8, 4) is 5.75 Å². The van der Waals surface area contributed by atoms with Gasteiger partial charge in [0.15, 0.2) is 0 Å². The zero-order chi connectivity index (χ0) is 20.8. The number of hydrazone groups is 1. The van der Waals surface area contributed by atoms with Gasteiger partial charge < -0.3 is 4.74 Å². The van der Waals surface area contributed by atoms with E-state index in [0.29, 0.717) is 26.4 Å². The van der Waals surface area contributed by atoms with E-state index < -0.39 is 11.9 Å². The van der Waals surface area contributed by atoms with E-state index in [-0.39, 0.29) is 10.6 Å². The molecule has 0 bridgehead atoms. The molecule has 1 amide bonds. The SMILES string of the molecule is O=C(NN=Cc1ccc(OC(=O)c2ccccc2Br)cc1)c1ccc(Cl)cc1Cl. The van der Waals surface area contributed by atoms with Crippen LogP contribution in [0.3, 0.4) is 0 Å². The van der Waals surface area contributed by atoms with Crippen LogP contribution in [0.15, 0.2) is 76.3 Å². The first kappa shape index (κ1) is 21.0. The Kier molecular flexibility index (Phi) is 7.04. The van der Waals surface area contributed by atoms with E-state index >= 15 is 0 Å². The number of carbonyl (C=O) groups excluding carboxylic acids is 2. The molecule has 0 radical (unpaired) electrons. The van der Waals surface area contributed by atoms with Crippen LogP contribution < -0.4 is 10.2 Å². The van der Waals surface area contributed by atoms with Crippen LogP contribution in [0.5, 0.6) is 5.75 Å². The highest BCUT2D eigenvalue weighted by Gasteiger charge is 2.12. The van der Waals surface area contributed by atoms with Gasteiger partial charge in [-0.3, -0.25) is 4.79 Å². The normalized spacial score (nSPS) is 10.7. The molecule has 0 aliphatic heterocycles. The molecule has 0 unspecified atom stereocenters. The van der Waals surface area contributed by atoms with Gasteiger partial charge in [-0.2, -0.15) is 5.10 Å². The molecule has 0 aliphatic rings. The van der Waals surface area contributed by atoms with E-state index in [1.54, 1.807) is 48.5 Å². The van der Waals surface area contributed by atoms with Crippen molar-refractivity contribution in [2.24, 2.45) is 5.10 Å². The van der Waals surface area contributed by atoms with E-state index in [4.69, 9.17) is 27.9 Å². The molecule has 5 nitrogen and oxygen atoms in total. The lowest BCUT2D eigenvalue weighted by molar-refractivity contribution is 0.0733. The largest absolute Gasteiger partial charge is 0.423 e. The van der Waals surface area contributed by atoms with Crippen molar-refractivity contribution >= 4 is 57.2 Å². The number of nitrogens with zero attached hydrogens (tertiary/aromatic N) is 1. The van der Waals surface area contributed by atoms with Gasteiger partial charge >= 0.3 is 5.97 Å². The number of hydrogen-bond donors (Lipinski definition) is 1. The van der Waals surface area contributed by atoms with Crippen molar-refractivity contribution in [2.75, 3.05) is 0 Å². The Morgan fingerprint density at radius 1 is 0.966 bits per heavy atom. The molecule has 0 aliphatic carbocycles. The molecule has 29 heavy (non-hydrogen) atoms. The van der Waals surface area contributed by atoms with Gasteiger partial charge in [-0.1, -0.05) is 35.3 Å². The number of halogens is 3. The lowest BCUT2D eigenvalue weighted by Crippen LogP contribution is -2.18. The monoisotopic (exact) mass is 490 g/mol. The second-order valence-corrected chi connectivity index (χ2v) is 7.46. The van der Waals surface area contributed by atoms with Gasteiger partial charge in [0.2, 0.25) is 0 Å². The summed E-state index contributed by atoms with van der Waals surface area (Å²) in [5.41, 5.74) is 3.80. The van der Waals surface area contributed by atoms with Crippen molar-refractivity contribution < 1.29 is 14.3 Å². The van der Waals surface area contributed by atoms with Crippen molar-refractivity contribution in [1.82, 2.24) is 5.43 Å². The fourth-order valence-electron chi connectivity index (χ4n) is 2.31. The Morgan fingerprint density at radius 2 is 1.69 bits per heavy atom. The number of hydrogen-bond acceptors (Lipinski definition) is 4. The van der Waals surface area contributed by atoms with Gasteiger partial charge in [-0.05, 0) is 76.1 Å². The first-order chi connectivity index (χ1) is 13.9. The minimum Gasteiger partial charge on any atom is -0.423 e. The standard InChI is InChI=1S/C21H13BrCl2N2O3/c22-18-4-2-1-3-16(18)21(28)29-15-8-5-13(6-9-15)12-25-26-20(27)17-10-7-14(23)11-19(17)24/h1-12H,(H,26,27). The van der Waals surface area contributed by atoms with Crippen molar-refractivity contribution in [3.63, 3.8) is 0 Å². The number of rotatable bonds is 5. The summed E-state index contributed by atoms with van der Waals surface area (Å²) in [5, 5.41) is 4.58. The highest BCUT2D eigenvalue weighted by atomic mass is 79.9. The van der Waals surface area contributed by atoms with Gasteiger partial charge in [0.25, 0.3) is 5.91 Å². The van der Waals surface area contributed by atoms with Gasteiger partial charge in [-0.15, -0.1) is 0 Å². The smallest absolute Gasteiger partial charge is 0.344 e. The van der Waals surface area contributed by atoms with Gasteiger partial charge in [0, 0.05) is 9.50 Å². The summed E-state index contributed by atoms with van der Waals surface area (Å²) in [6.45, 7) is 0. The Balaban J connectivity index is 1.59. The van der Waals surface area contributed by atoms with E-state index in [0.717, 1.165) is 0 Å². The molecular formula is C21H13BrCl2N2O3. The van der Waals surface area contributed by atoms with E-state index in [1.165, 1.54) is 18.3 Å². The number of ether oxygens (including phenoxy) is 1. The van der Waals surface area contributed by atoms with Crippen LogP contribution in [-0.4, -0.2) is 18.1 Å². The molecule has 146 valence electrons. The average Bonchev–Trinajstić information content (AvgIpc) is 2.69. The maximum Gasteiger partial charge on any atom is 0.344 e. The molecule has 0 heterocycles. The second-order valence-electron chi connectivity index (χ2n) is 5.76. The zero-order valence-electron chi connectivity index (χ0n) is 14.7. The molecule has 3 aromatic rings. The van der Waals surface area contributed by atoms with Crippen LogP contribution in [0.1, 0.15) is 26.3 Å². The Bertz CT molecular complexity index is 1090. The van der Waals surface area contributed by atoms with Gasteiger partial charge in [0.1, 0.15) is 5.75 Å². The van der Waals surface area contributed by atoms with Crippen LogP contribution in [0.2, 0.25) is 10.0 Å². The summed E-state index contributed by atoms with van der Waals surface area (Å²) in [5.74, 6) is -0.534. The van der Waals surface area contributed by atoms with E-state index in [9.17, 15) is 9.59 Å². The molecule has 0 atom stereocenters. The zero-order valence-corrected chi connectivity index (χ0v) is 17.8. The second kappa shape index (κ2) is 9.69.